The number of hydrogen-bond donors (Lipinski definition) is 1. The number of unbranched alkanes of at least 4 members (excludes halogenated alkanes) is 5. The van der Waals surface area contributed by atoms with Crippen LogP contribution in [0.25, 0.3) is 0 Å². The normalized spacial score (nSPS) is 11.8. The van der Waals surface area contributed by atoms with Crippen LogP contribution in [0.2, 0.25) is 0 Å². The van der Waals surface area contributed by atoms with Crippen molar-refractivity contribution in [3.8, 4) is 11.5 Å². The molecular formula is C20H34O4S. The predicted molar refractivity (Wildman–Crippen MR) is 104 cm³/mol. The van der Waals surface area contributed by atoms with Crippen molar-refractivity contribution in [1.29, 1.82) is 0 Å². The first kappa shape index (κ1) is 21.8. The van der Waals surface area contributed by atoms with Gasteiger partial charge in [-0.1, -0.05) is 38.7 Å². The monoisotopic (exact) mass is 370 g/mol. The van der Waals surface area contributed by atoms with Crippen molar-refractivity contribution in [2.24, 2.45) is 0 Å². The summed E-state index contributed by atoms with van der Waals surface area (Å²) in [5, 5.41) is 9.81. The molecule has 144 valence electrons. The summed E-state index contributed by atoms with van der Waals surface area (Å²) in [5.41, 5.74) is 0.949. The van der Waals surface area contributed by atoms with E-state index in [9.17, 15) is 13.5 Å². The molecule has 0 aromatic heterocycles. The second-order valence-electron chi connectivity index (χ2n) is 6.93. The van der Waals surface area contributed by atoms with E-state index >= 15 is 0 Å². The number of hydrogen-bond acceptors (Lipinski definition) is 4. The van der Waals surface area contributed by atoms with Crippen LogP contribution in [0.4, 0.5) is 0 Å². The van der Waals surface area contributed by atoms with Gasteiger partial charge in [0.1, 0.15) is 11.5 Å². The Morgan fingerprint density at radius 3 is 2.36 bits per heavy atom. The Labute approximate surface area is 153 Å². The average molecular weight is 371 g/mol. The first-order valence-electron chi connectivity index (χ1n) is 9.53. The molecule has 0 bridgehead atoms. The van der Waals surface area contributed by atoms with Crippen LogP contribution in [-0.2, 0) is 16.3 Å². The number of aromatic hydroxyl groups is 1. The third-order valence-corrected chi connectivity index (χ3v) is 6.71. The van der Waals surface area contributed by atoms with Crippen LogP contribution < -0.4 is 4.74 Å². The minimum atomic E-state index is -2.90. The van der Waals surface area contributed by atoms with Crippen LogP contribution in [0.5, 0.6) is 11.5 Å². The lowest BCUT2D eigenvalue weighted by Crippen LogP contribution is -2.17. The summed E-state index contributed by atoms with van der Waals surface area (Å²) >= 11 is 0. The minimum Gasteiger partial charge on any atom is -0.508 e. The Bertz CT molecular complexity index is 594. The first-order valence-corrected chi connectivity index (χ1v) is 11.2. The zero-order chi connectivity index (χ0) is 18.7. The zero-order valence-corrected chi connectivity index (χ0v) is 16.8. The molecular weight excluding hydrogens is 336 g/mol. The molecule has 0 heterocycles. The van der Waals surface area contributed by atoms with E-state index in [0.29, 0.717) is 18.1 Å². The smallest absolute Gasteiger partial charge is 0.152 e. The summed E-state index contributed by atoms with van der Waals surface area (Å²) < 4.78 is 29.0. The molecule has 1 aromatic rings. The van der Waals surface area contributed by atoms with Gasteiger partial charge in [-0.2, -0.15) is 0 Å². The number of benzene rings is 1. The van der Waals surface area contributed by atoms with Gasteiger partial charge in [0, 0.05) is 6.07 Å². The van der Waals surface area contributed by atoms with Crippen LogP contribution in [0.1, 0.15) is 71.3 Å². The lowest BCUT2D eigenvalue weighted by molar-refractivity contribution is 0.307. The first-order chi connectivity index (χ1) is 11.9. The quantitative estimate of drug-likeness (QED) is 0.502. The SMILES string of the molecule is CCCCOc1ccc(CCCCCCCS(=O)(=O)C(C)C)c(O)c1. The van der Waals surface area contributed by atoms with Gasteiger partial charge in [0.05, 0.1) is 17.6 Å². The molecule has 25 heavy (non-hydrogen) atoms. The predicted octanol–water partition coefficient (Wildman–Crippen LogP) is 4.89. The Balaban J connectivity index is 2.21. The van der Waals surface area contributed by atoms with Gasteiger partial charge in [0.15, 0.2) is 9.84 Å². The molecule has 0 fully saturated rings. The van der Waals surface area contributed by atoms with Crippen LogP contribution in [0, 0.1) is 0 Å². The minimum absolute atomic E-state index is 0.274. The molecule has 0 amide bonds. The largest absolute Gasteiger partial charge is 0.508 e. The number of phenolic OH excluding ortho intramolecular Hbond substituents is 1. The fourth-order valence-electron chi connectivity index (χ4n) is 2.56. The maximum atomic E-state index is 11.7. The molecule has 4 nitrogen and oxygen atoms in total. The molecule has 1 aromatic carbocycles. The fraction of sp³-hybridized carbons (Fsp3) is 0.700. The van der Waals surface area contributed by atoms with Crippen molar-refractivity contribution < 1.29 is 18.3 Å². The molecule has 1 rings (SSSR count). The summed E-state index contributed by atoms with van der Waals surface area (Å²) in [6.45, 7) is 6.28. The molecule has 0 saturated carbocycles. The third kappa shape index (κ3) is 8.61. The second-order valence-corrected chi connectivity index (χ2v) is 9.60. The highest BCUT2D eigenvalue weighted by Crippen LogP contribution is 2.25. The van der Waals surface area contributed by atoms with Gasteiger partial charge in [-0.15, -0.1) is 0 Å². The van der Waals surface area contributed by atoms with E-state index in [1.54, 1.807) is 19.9 Å². The molecule has 0 spiro atoms. The summed E-state index contributed by atoms with van der Waals surface area (Å²) in [7, 11) is -2.90. The van der Waals surface area contributed by atoms with Crippen molar-refractivity contribution in [3.05, 3.63) is 23.8 Å². The van der Waals surface area contributed by atoms with Crippen molar-refractivity contribution >= 4 is 9.84 Å². The molecule has 0 aliphatic rings. The molecule has 5 heteroatoms. The average Bonchev–Trinajstić information content (AvgIpc) is 2.55. The highest BCUT2D eigenvalue weighted by molar-refractivity contribution is 7.91. The Hall–Kier alpha value is -1.23. The summed E-state index contributed by atoms with van der Waals surface area (Å²) in [6.07, 6.45) is 7.72. The van der Waals surface area contributed by atoms with E-state index in [-0.39, 0.29) is 5.25 Å². The second kappa shape index (κ2) is 11.4. The van der Waals surface area contributed by atoms with Crippen molar-refractivity contribution in [2.45, 2.75) is 77.4 Å². The Morgan fingerprint density at radius 2 is 1.72 bits per heavy atom. The molecule has 0 saturated heterocycles. The van der Waals surface area contributed by atoms with Gasteiger partial charge in [-0.05, 0) is 51.2 Å². The van der Waals surface area contributed by atoms with Gasteiger partial charge in [-0.3, -0.25) is 0 Å². The van der Waals surface area contributed by atoms with E-state index < -0.39 is 9.84 Å². The number of sulfone groups is 1. The third-order valence-electron chi connectivity index (χ3n) is 4.42. The molecule has 0 atom stereocenters. The van der Waals surface area contributed by atoms with Crippen molar-refractivity contribution in [1.82, 2.24) is 0 Å². The van der Waals surface area contributed by atoms with Crippen molar-refractivity contribution in [3.63, 3.8) is 0 Å². The molecule has 0 radical (unpaired) electrons. The standard InChI is InChI=1S/C20H34O4S/c1-4-5-14-24-19-13-12-18(20(21)16-19)11-9-7-6-8-10-15-25(22,23)17(2)3/h12-13,16-17,21H,4-11,14-15H2,1-3H3. The Morgan fingerprint density at radius 1 is 1.04 bits per heavy atom. The zero-order valence-electron chi connectivity index (χ0n) is 16.0. The summed E-state index contributed by atoms with van der Waals surface area (Å²) in [4.78, 5) is 0. The van der Waals surface area contributed by atoms with E-state index in [1.165, 1.54) is 0 Å². The van der Waals surface area contributed by atoms with Gasteiger partial charge in [0.25, 0.3) is 0 Å². The highest BCUT2D eigenvalue weighted by Gasteiger charge is 2.14. The number of aryl methyl sites for hydroxylation is 1. The maximum Gasteiger partial charge on any atom is 0.152 e. The number of ether oxygens (including phenoxy) is 1. The van der Waals surface area contributed by atoms with Crippen LogP contribution in [0.15, 0.2) is 18.2 Å². The maximum absolute atomic E-state index is 11.7. The number of rotatable bonds is 13. The van der Waals surface area contributed by atoms with Gasteiger partial charge >= 0.3 is 0 Å². The van der Waals surface area contributed by atoms with Gasteiger partial charge in [0.2, 0.25) is 0 Å². The fourth-order valence-corrected chi connectivity index (χ4v) is 3.64. The molecule has 0 aliphatic heterocycles. The van der Waals surface area contributed by atoms with Crippen molar-refractivity contribution in [2.75, 3.05) is 12.4 Å². The van der Waals surface area contributed by atoms with E-state index in [1.807, 2.05) is 12.1 Å². The van der Waals surface area contributed by atoms with Gasteiger partial charge < -0.3 is 9.84 Å². The molecule has 0 aliphatic carbocycles. The summed E-state index contributed by atoms with van der Waals surface area (Å²) in [5.74, 6) is 1.32. The van der Waals surface area contributed by atoms with Crippen LogP contribution in [-0.4, -0.2) is 31.1 Å². The van der Waals surface area contributed by atoms with Gasteiger partial charge in [-0.25, -0.2) is 8.42 Å². The topological polar surface area (TPSA) is 63.6 Å². The van der Waals surface area contributed by atoms with Crippen LogP contribution >= 0.6 is 0 Å². The summed E-state index contributed by atoms with van der Waals surface area (Å²) in [6, 6.07) is 5.55. The molecule has 0 unspecified atom stereocenters. The lowest BCUT2D eigenvalue weighted by Gasteiger charge is -2.09. The lowest BCUT2D eigenvalue weighted by atomic mass is 10.0. The van der Waals surface area contributed by atoms with Crippen LogP contribution in [0.3, 0.4) is 0 Å². The number of phenols is 1. The van der Waals surface area contributed by atoms with E-state index in [0.717, 1.165) is 62.7 Å². The Kier molecular flexibility index (Phi) is 9.94. The van der Waals surface area contributed by atoms with E-state index in [2.05, 4.69) is 6.92 Å². The van der Waals surface area contributed by atoms with E-state index in [4.69, 9.17) is 4.74 Å². The highest BCUT2D eigenvalue weighted by atomic mass is 32.2. The molecule has 1 N–H and O–H groups in total.